The fourth-order valence-electron chi connectivity index (χ4n) is 4.23. The molecule has 6 nitrogen and oxygen atoms in total. The van der Waals surface area contributed by atoms with Crippen LogP contribution in [-0.2, 0) is 4.79 Å². The van der Waals surface area contributed by atoms with Gasteiger partial charge in [0.05, 0.1) is 11.6 Å². The summed E-state index contributed by atoms with van der Waals surface area (Å²) >= 11 is 0. The van der Waals surface area contributed by atoms with Crippen molar-refractivity contribution in [1.82, 2.24) is 14.8 Å². The predicted octanol–water partition coefficient (Wildman–Crippen LogP) is 3.33. The summed E-state index contributed by atoms with van der Waals surface area (Å²) in [6, 6.07) is 4.03. The van der Waals surface area contributed by atoms with Gasteiger partial charge in [0.1, 0.15) is 5.82 Å². The molecule has 1 fully saturated rings. The number of H-pyrrole nitrogens is 1. The van der Waals surface area contributed by atoms with Crippen LogP contribution in [0.2, 0.25) is 0 Å². The molecule has 3 heterocycles. The average Bonchev–Trinajstić information content (AvgIpc) is 2.91. The Bertz CT molecular complexity index is 801. The highest BCUT2D eigenvalue weighted by Crippen LogP contribution is 2.37. The van der Waals surface area contributed by atoms with Crippen LogP contribution in [0, 0.1) is 0 Å². The summed E-state index contributed by atoms with van der Waals surface area (Å²) in [4.78, 5) is 29.1. The van der Waals surface area contributed by atoms with E-state index in [0.29, 0.717) is 17.8 Å². The smallest absolute Gasteiger partial charge is 0.270 e. The molecule has 0 saturated heterocycles. The maximum absolute atomic E-state index is 12.7. The normalized spacial score (nSPS) is 21.9. The number of amides is 1. The maximum atomic E-state index is 12.7. The Hall–Kier alpha value is -2.37. The van der Waals surface area contributed by atoms with E-state index in [0.717, 1.165) is 18.4 Å². The highest BCUT2D eigenvalue weighted by molar-refractivity contribution is 5.94. The molecule has 2 aromatic heterocycles. The van der Waals surface area contributed by atoms with Crippen LogP contribution in [-0.4, -0.2) is 20.7 Å². The second kappa shape index (κ2) is 6.86. The molecule has 2 aromatic rings. The van der Waals surface area contributed by atoms with Gasteiger partial charge in [-0.1, -0.05) is 32.1 Å². The van der Waals surface area contributed by atoms with Crippen LogP contribution in [0.1, 0.15) is 74.5 Å². The Balaban J connectivity index is 1.75. The molecule has 0 unspecified atom stereocenters. The van der Waals surface area contributed by atoms with Gasteiger partial charge in [-0.2, -0.15) is 0 Å². The van der Waals surface area contributed by atoms with Crippen molar-refractivity contribution < 1.29 is 4.79 Å². The number of anilines is 1. The Morgan fingerprint density at radius 1 is 1.00 bits per heavy atom. The number of carbonyl (C=O) groups excluding carboxylic acids is 1. The monoisotopic (exact) mass is 340 g/mol. The lowest BCUT2D eigenvalue weighted by Gasteiger charge is -2.27. The molecule has 1 aliphatic carbocycles. The molecule has 1 saturated carbocycles. The summed E-state index contributed by atoms with van der Waals surface area (Å²) < 4.78 is 1.94. The molecule has 0 radical (unpaired) electrons. The molecule has 25 heavy (non-hydrogen) atoms. The van der Waals surface area contributed by atoms with Gasteiger partial charge in [-0.25, -0.2) is 0 Å². The summed E-state index contributed by atoms with van der Waals surface area (Å²) in [7, 11) is 0. The number of pyridine rings is 1. The van der Waals surface area contributed by atoms with Crippen LogP contribution < -0.4 is 10.9 Å². The first-order chi connectivity index (χ1) is 12.2. The zero-order valence-corrected chi connectivity index (χ0v) is 14.3. The fraction of sp³-hybridized carbons (Fsp3) is 0.526. The first kappa shape index (κ1) is 16.1. The van der Waals surface area contributed by atoms with Crippen molar-refractivity contribution in [2.24, 2.45) is 0 Å². The molecule has 1 aliphatic heterocycles. The molecule has 2 aliphatic rings. The molecule has 0 bridgehead atoms. The van der Waals surface area contributed by atoms with Crippen molar-refractivity contribution in [2.45, 2.75) is 63.3 Å². The van der Waals surface area contributed by atoms with Crippen molar-refractivity contribution in [3.05, 3.63) is 46.0 Å². The summed E-state index contributed by atoms with van der Waals surface area (Å²) in [5.41, 5.74) is 1.57. The Kier molecular flexibility index (Phi) is 4.42. The molecule has 2 N–H and O–H groups in total. The van der Waals surface area contributed by atoms with Crippen LogP contribution in [0.15, 0.2) is 29.3 Å². The van der Waals surface area contributed by atoms with Gasteiger partial charge in [-0.05, 0) is 30.5 Å². The second-order valence-electron chi connectivity index (χ2n) is 7.16. The lowest BCUT2D eigenvalue weighted by molar-refractivity contribution is -0.116. The van der Waals surface area contributed by atoms with Crippen LogP contribution >= 0.6 is 0 Å². The molecule has 4 rings (SSSR count). The molecular weight excluding hydrogens is 316 g/mol. The molecule has 1 amide bonds. The topological polar surface area (TPSA) is 79.8 Å². The van der Waals surface area contributed by atoms with E-state index in [4.69, 9.17) is 0 Å². The van der Waals surface area contributed by atoms with Crippen LogP contribution in [0.4, 0.5) is 5.82 Å². The summed E-state index contributed by atoms with van der Waals surface area (Å²) in [5.74, 6) is 0.437. The van der Waals surface area contributed by atoms with Gasteiger partial charge in [-0.15, -0.1) is 0 Å². The lowest BCUT2D eigenvalue weighted by atomic mass is 9.87. The first-order valence-corrected chi connectivity index (χ1v) is 9.28. The average molecular weight is 340 g/mol. The van der Waals surface area contributed by atoms with E-state index in [9.17, 15) is 9.59 Å². The number of hydrogen-bond donors (Lipinski definition) is 2. The standard InChI is InChI=1S/C19H24N4O2/c24-16-12-15(13-8-10-20-11-9-13)17-18(21-16)23(22-19(17)25)14-6-4-2-1-3-5-7-14/h8-11,14-15H,1-7,12H2,(H,21,24)(H,22,25)/t15-/m0/s1. The van der Waals surface area contributed by atoms with Gasteiger partial charge in [0, 0.05) is 24.7 Å². The molecule has 1 atom stereocenters. The minimum atomic E-state index is -0.203. The Morgan fingerprint density at radius 3 is 2.40 bits per heavy atom. The number of aromatic nitrogens is 3. The SMILES string of the molecule is O=C1C[C@@H](c2ccncc2)c2c(n(C3CCCCCCC3)[nH]c2=O)N1. The van der Waals surface area contributed by atoms with Crippen LogP contribution in [0.5, 0.6) is 0 Å². The van der Waals surface area contributed by atoms with Crippen molar-refractivity contribution in [3.63, 3.8) is 0 Å². The van der Waals surface area contributed by atoms with Crippen molar-refractivity contribution in [2.75, 3.05) is 5.32 Å². The van der Waals surface area contributed by atoms with E-state index in [1.54, 1.807) is 12.4 Å². The molecule has 0 aromatic carbocycles. The van der Waals surface area contributed by atoms with Crippen molar-refractivity contribution in [1.29, 1.82) is 0 Å². The number of hydrogen-bond acceptors (Lipinski definition) is 3. The number of aromatic amines is 1. The quantitative estimate of drug-likeness (QED) is 0.880. The number of nitrogens with zero attached hydrogens (tertiary/aromatic N) is 2. The maximum Gasteiger partial charge on any atom is 0.270 e. The number of carbonyl (C=O) groups is 1. The van der Waals surface area contributed by atoms with E-state index < -0.39 is 0 Å². The van der Waals surface area contributed by atoms with Gasteiger partial charge in [0.2, 0.25) is 5.91 Å². The van der Waals surface area contributed by atoms with E-state index in [1.165, 1.54) is 32.1 Å². The van der Waals surface area contributed by atoms with Crippen molar-refractivity contribution in [3.8, 4) is 0 Å². The highest BCUT2D eigenvalue weighted by atomic mass is 16.2. The van der Waals surface area contributed by atoms with E-state index in [1.807, 2.05) is 16.8 Å². The van der Waals surface area contributed by atoms with Gasteiger partial charge in [0.15, 0.2) is 0 Å². The number of fused-ring (bicyclic) bond motifs is 1. The van der Waals surface area contributed by atoms with Crippen LogP contribution in [0.3, 0.4) is 0 Å². The third-order valence-electron chi connectivity index (χ3n) is 5.51. The van der Waals surface area contributed by atoms with Gasteiger partial charge in [-0.3, -0.25) is 24.4 Å². The third-order valence-corrected chi connectivity index (χ3v) is 5.51. The van der Waals surface area contributed by atoms with Gasteiger partial charge < -0.3 is 5.32 Å². The predicted molar refractivity (Wildman–Crippen MR) is 95.7 cm³/mol. The number of rotatable bonds is 2. The summed E-state index contributed by atoms with van der Waals surface area (Å²) in [6.45, 7) is 0. The van der Waals surface area contributed by atoms with Crippen molar-refractivity contribution >= 4 is 11.7 Å². The second-order valence-corrected chi connectivity index (χ2v) is 7.16. The van der Waals surface area contributed by atoms with E-state index >= 15 is 0 Å². The van der Waals surface area contributed by atoms with E-state index in [-0.39, 0.29) is 23.4 Å². The third kappa shape index (κ3) is 3.13. The van der Waals surface area contributed by atoms with E-state index in [2.05, 4.69) is 15.4 Å². The fourth-order valence-corrected chi connectivity index (χ4v) is 4.23. The largest absolute Gasteiger partial charge is 0.311 e. The minimum absolute atomic E-state index is 0.0343. The lowest BCUT2D eigenvalue weighted by Crippen LogP contribution is -2.27. The van der Waals surface area contributed by atoms with Gasteiger partial charge >= 0.3 is 0 Å². The number of nitrogens with one attached hydrogen (secondary N) is 2. The Labute approximate surface area is 146 Å². The zero-order chi connectivity index (χ0) is 17.2. The van der Waals surface area contributed by atoms with Crippen LogP contribution in [0.25, 0.3) is 0 Å². The summed E-state index contributed by atoms with van der Waals surface area (Å²) in [5, 5.41) is 5.98. The zero-order valence-electron chi connectivity index (χ0n) is 14.3. The molecule has 0 spiro atoms. The summed E-state index contributed by atoms with van der Waals surface area (Å²) in [6.07, 6.45) is 11.9. The Morgan fingerprint density at radius 2 is 1.68 bits per heavy atom. The minimum Gasteiger partial charge on any atom is -0.311 e. The van der Waals surface area contributed by atoms with Gasteiger partial charge in [0.25, 0.3) is 5.56 Å². The first-order valence-electron chi connectivity index (χ1n) is 9.28. The highest BCUT2D eigenvalue weighted by Gasteiger charge is 2.34. The molecule has 6 heteroatoms. The molecule has 132 valence electrons. The molecular formula is C19H24N4O2.